The monoisotopic (exact) mass is 529 g/mol. The molecule has 2 aromatic carbocycles. The van der Waals surface area contributed by atoms with Crippen molar-refractivity contribution in [1.82, 2.24) is 5.32 Å². The minimum absolute atomic E-state index is 0.00870. The van der Waals surface area contributed by atoms with Crippen molar-refractivity contribution >= 4 is 51.2 Å². The lowest BCUT2D eigenvalue weighted by molar-refractivity contribution is -0.124. The van der Waals surface area contributed by atoms with Gasteiger partial charge in [0.2, 0.25) is 11.0 Å². The maximum absolute atomic E-state index is 11.9. The molecule has 36 heavy (non-hydrogen) atoms. The number of carbonyl (C=O) groups is 5. The number of carbonyl (C=O) groups excluding carboxylic acids is 5. The van der Waals surface area contributed by atoms with E-state index >= 15 is 0 Å². The van der Waals surface area contributed by atoms with Crippen molar-refractivity contribution in [2.24, 2.45) is 5.92 Å². The average Bonchev–Trinajstić information content (AvgIpc) is 3.45. The summed E-state index contributed by atoms with van der Waals surface area (Å²) < 4.78 is 0. The minimum atomic E-state index is -0.423. The summed E-state index contributed by atoms with van der Waals surface area (Å²) in [5, 5.41) is 21.8. The zero-order chi connectivity index (χ0) is 26.1. The van der Waals surface area contributed by atoms with Gasteiger partial charge in [-0.2, -0.15) is 0 Å². The number of hydrogen-bond donors (Lipinski definition) is 3. The van der Waals surface area contributed by atoms with Gasteiger partial charge in [0.25, 0.3) is 0 Å². The van der Waals surface area contributed by atoms with Crippen LogP contribution in [0.2, 0.25) is 0 Å². The molecule has 2 atom stereocenters. The van der Waals surface area contributed by atoms with Gasteiger partial charge < -0.3 is 15.5 Å². The molecular weight excluding hydrogens is 502 g/mol. The summed E-state index contributed by atoms with van der Waals surface area (Å²) in [6.07, 6.45) is 1.65. The molecule has 0 aromatic heterocycles. The third kappa shape index (κ3) is 7.69. The number of phenolic OH excluding ortho intramolecular Hbond substituents is 2. The van der Waals surface area contributed by atoms with Gasteiger partial charge in [0, 0.05) is 36.7 Å². The number of rotatable bonds is 8. The summed E-state index contributed by atoms with van der Waals surface area (Å²) >= 11 is 2.51. The Hall–Kier alpha value is -3.11. The Kier molecular flexibility index (Phi) is 10.1. The number of para-hydroxylation sites is 2. The summed E-state index contributed by atoms with van der Waals surface area (Å²) in [5.41, 5.74) is 0.528. The predicted molar refractivity (Wildman–Crippen MR) is 138 cm³/mol. The fourth-order valence-electron chi connectivity index (χ4n) is 3.73. The number of benzene rings is 2. The second-order valence-corrected chi connectivity index (χ2v) is 10.5. The van der Waals surface area contributed by atoms with Gasteiger partial charge in [-0.1, -0.05) is 47.8 Å². The lowest BCUT2D eigenvalue weighted by atomic mass is 9.97. The molecule has 10 heteroatoms. The van der Waals surface area contributed by atoms with Crippen LogP contribution in [0.1, 0.15) is 52.8 Å². The smallest absolute Gasteiger partial charge is 0.221 e. The van der Waals surface area contributed by atoms with Crippen LogP contribution in [0.5, 0.6) is 11.5 Å². The van der Waals surface area contributed by atoms with Crippen molar-refractivity contribution < 1.29 is 34.2 Å². The normalized spacial score (nSPS) is 18.9. The van der Waals surface area contributed by atoms with Gasteiger partial charge in [0.1, 0.15) is 11.5 Å². The molecule has 2 heterocycles. The molecule has 2 aliphatic rings. The fraction of sp³-hybridized carbons (Fsp3) is 0.346. The third-order valence-corrected chi connectivity index (χ3v) is 7.80. The second kappa shape index (κ2) is 13.3. The minimum Gasteiger partial charge on any atom is -0.507 e. The van der Waals surface area contributed by atoms with Crippen molar-refractivity contribution in [3.63, 3.8) is 0 Å². The molecule has 8 nitrogen and oxygen atoms in total. The van der Waals surface area contributed by atoms with Crippen LogP contribution in [0.4, 0.5) is 0 Å². The second-order valence-electron chi connectivity index (χ2n) is 8.31. The number of aromatic hydroxyl groups is 2. The number of ketones is 2. The molecule has 2 saturated heterocycles. The maximum Gasteiger partial charge on any atom is 0.221 e. The largest absolute Gasteiger partial charge is 0.507 e. The van der Waals surface area contributed by atoms with E-state index in [2.05, 4.69) is 5.32 Å². The molecule has 2 unspecified atom stereocenters. The zero-order valence-corrected chi connectivity index (χ0v) is 21.1. The van der Waals surface area contributed by atoms with E-state index in [1.54, 1.807) is 30.3 Å². The molecule has 0 saturated carbocycles. The van der Waals surface area contributed by atoms with Crippen LogP contribution in [-0.4, -0.2) is 55.5 Å². The van der Waals surface area contributed by atoms with E-state index in [1.807, 2.05) is 0 Å². The van der Waals surface area contributed by atoms with Crippen LogP contribution < -0.4 is 5.32 Å². The zero-order valence-electron chi connectivity index (χ0n) is 19.5. The van der Waals surface area contributed by atoms with Crippen LogP contribution in [-0.2, 0) is 14.4 Å². The standard InChI is InChI=1S/C14H15NO4S.C12H12O3S/c16-11-4-2-1-3-9(11)12(17)5-6-13(18)15-10-7-8-20-14(10)19;13-10-4-2-1-3-9(10)11(14)7-8-5-6-16-12(8)15/h1-4,10,16H,5-8H2,(H,15,18);1-4,8,13H,5-7H2. The van der Waals surface area contributed by atoms with Crippen molar-refractivity contribution in [2.75, 3.05) is 11.5 Å². The Balaban J connectivity index is 0.000000205. The van der Waals surface area contributed by atoms with E-state index in [1.165, 1.54) is 41.7 Å². The number of thioether (sulfide) groups is 2. The maximum atomic E-state index is 11.9. The summed E-state index contributed by atoms with van der Waals surface area (Å²) in [5.74, 6) is 0.514. The van der Waals surface area contributed by atoms with Crippen molar-refractivity contribution in [2.45, 2.75) is 38.1 Å². The molecule has 2 aliphatic heterocycles. The van der Waals surface area contributed by atoms with Crippen LogP contribution in [0.25, 0.3) is 0 Å². The molecule has 1 amide bonds. The van der Waals surface area contributed by atoms with Crippen molar-refractivity contribution in [3.05, 3.63) is 59.7 Å². The highest BCUT2D eigenvalue weighted by Gasteiger charge is 2.28. The first kappa shape index (κ1) is 27.5. The lowest BCUT2D eigenvalue weighted by Crippen LogP contribution is -2.37. The van der Waals surface area contributed by atoms with Crippen LogP contribution in [0.15, 0.2) is 48.5 Å². The fourth-order valence-corrected chi connectivity index (χ4v) is 5.70. The van der Waals surface area contributed by atoms with Crippen molar-refractivity contribution in [3.8, 4) is 11.5 Å². The first-order valence-electron chi connectivity index (χ1n) is 11.5. The summed E-state index contributed by atoms with van der Waals surface area (Å²) in [4.78, 5) is 58.1. The molecule has 0 radical (unpaired) electrons. The Bertz CT molecular complexity index is 1150. The Morgan fingerprint density at radius 1 is 0.778 bits per heavy atom. The molecule has 2 fully saturated rings. The van der Waals surface area contributed by atoms with E-state index in [4.69, 9.17) is 0 Å². The Morgan fingerprint density at radius 3 is 1.86 bits per heavy atom. The Morgan fingerprint density at radius 2 is 1.33 bits per heavy atom. The van der Waals surface area contributed by atoms with E-state index in [0.717, 1.165) is 17.9 Å². The highest BCUT2D eigenvalue weighted by molar-refractivity contribution is 8.14. The van der Waals surface area contributed by atoms with Gasteiger partial charge in [-0.15, -0.1) is 0 Å². The number of phenols is 2. The van der Waals surface area contributed by atoms with Crippen LogP contribution in [0.3, 0.4) is 0 Å². The molecule has 190 valence electrons. The molecular formula is C26H27NO7S2. The number of hydrogen-bond acceptors (Lipinski definition) is 9. The highest BCUT2D eigenvalue weighted by Crippen LogP contribution is 2.30. The number of amides is 1. The molecule has 2 aromatic rings. The molecule has 0 bridgehead atoms. The molecule has 0 aliphatic carbocycles. The van der Waals surface area contributed by atoms with Gasteiger partial charge in [-0.25, -0.2) is 0 Å². The SMILES string of the molecule is O=C(CC1CCSC1=O)c1ccccc1O.O=C(CCC(=O)c1ccccc1O)NC1CCSC1=O. The quantitative estimate of drug-likeness (QED) is 0.437. The Labute approximate surface area is 217 Å². The van der Waals surface area contributed by atoms with E-state index < -0.39 is 6.04 Å². The van der Waals surface area contributed by atoms with Gasteiger partial charge >= 0.3 is 0 Å². The van der Waals surface area contributed by atoms with Gasteiger partial charge in [-0.3, -0.25) is 24.0 Å². The summed E-state index contributed by atoms with van der Waals surface area (Å²) in [6.45, 7) is 0. The van der Waals surface area contributed by atoms with Gasteiger partial charge in [0.15, 0.2) is 16.7 Å². The average molecular weight is 530 g/mol. The molecule has 3 N–H and O–H groups in total. The van der Waals surface area contributed by atoms with E-state index in [9.17, 15) is 34.2 Å². The topological polar surface area (TPSA) is 138 Å². The molecule has 0 spiro atoms. The van der Waals surface area contributed by atoms with Crippen molar-refractivity contribution in [1.29, 1.82) is 0 Å². The lowest BCUT2D eigenvalue weighted by Gasteiger charge is -2.09. The molecule has 4 rings (SSSR count). The third-order valence-electron chi connectivity index (χ3n) is 5.73. The van der Waals surface area contributed by atoms with Gasteiger partial charge in [-0.05, 0) is 37.1 Å². The van der Waals surface area contributed by atoms with Crippen LogP contribution >= 0.6 is 23.5 Å². The first-order chi connectivity index (χ1) is 17.3. The first-order valence-corrected chi connectivity index (χ1v) is 13.5. The van der Waals surface area contributed by atoms with Crippen LogP contribution in [0, 0.1) is 5.92 Å². The number of Topliss-reactive ketones (excluding diaryl/α,β-unsaturated/α-hetero) is 2. The van der Waals surface area contributed by atoms with E-state index in [0.29, 0.717) is 12.0 Å². The van der Waals surface area contributed by atoms with Gasteiger partial charge in [0.05, 0.1) is 17.2 Å². The summed E-state index contributed by atoms with van der Waals surface area (Å²) in [6, 6.07) is 12.3. The number of nitrogens with one attached hydrogen (secondary N) is 1. The van der Waals surface area contributed by atoms with E-state index in [-0.39, 0.29) is 69.9 Å². The highest BCUT2D eigenvalue weighted by atomic mass is 32.2. The summed E-state index contributed by atoms with van der Waals surface area (Å²) in [7, 11) is 0. The predicted octanol–water partition coefficient (Wildman–Crippen LogP) is 3.75.